The molecule has 1 unspecified atom stereocenters. The molecule has 2 N–H and O–H groups in total. The molecule has 15 heavy (non-hydrogen) atoms. The molecule has 0 amide bonds. The fourth-order valence-electron chi connectivity index (χ4n) is 1.43. The van der Waals surface area contributed by atoms with Crippen LogP contribution in [0.3, 0.4) is 0 Å². The number of nitrogens with two attached hydrogens (primary N) is 1. The normalized spacial score (nSPS) is 12.3. The maximum absolute atomic E-state index is 13.7. The van der Waals surface area contributed by atoms with E-state index in [0.29, 0.717) is 11.1 Å². The molecule has 0 bridgehead atoms. The van der Waals surface area contributed by atoms with E-state index in [-0.39, 0.29) is 6.54 Å². The van der Waals surface area contributed by atoms with Crippen molar-refractivity contribution in [2.24, 2.45) is 5.73 Å². The summed E-state index contributed by atoms with van der Waals surface area (Å²) in [7, 11) is 1.26. The maximum Gasteiger partial charge on any atom is 0.314 e. The molecule has 1 aromatic rings. The molecule has 0 aliphatic rings. The number of aryl methyl sites for hydroxylation is 1. The van der Waals surface area contributed by atoms with Crippen molar-refractivity contribution in [1.82, 2.24) is 0 Å². The van der Waals surface area contributed by atoms with E-state index in [0.717, 1.165) is 0 Å². The van der Waals surface area contributed by atoms with Crippen LogP contribution in [0.2, 0.25) is 0 Å². The van der Waals surface area contributed by atoms with E-state index in [1.54, 1.807) is 25.1 Å². The zero-order chi connectivity index (χ0) is 11.4. The molecule has 0 aliphatic carbocycles. The molecule has 4 heteroatoms. The van der Waals surface area contributed by atoms with Gasteiger partial charge < -0.3 is 10.5 Å². The van der Waals surface area contributed by atoms with Gasteiger partial charge in [-0.25, -0.2) is 4.39 Å². The minimum Gasteiger partial charge on any atom is -0.469 e. The molecule has 0 saturated carbocycles. The Morgan fingerprint density at radius 3 is 2.80 bits per heavy atom. The third-order valence-electron chi connectivity index (χ3n) is 2.32. The quantitative estimate of drug-likeness (QED) is 0.768. The van der Waals surface area contributed by atoms with Crippen molar-refractivity contribution in [3.8, 4) is 0 Å². The molecule has 0 spiro atoms. The fourth-order valence-corrected chi connectivity index (χ4v) is 1.43. The van der Waals surface area contributed by atoms with Crippen LogP contribution in [-0.4, -0.2) is 19.6 Å². The third kappa shape index (κ3) is 2.33. The number of halogens is 1. The van der Waals surface area contributed by atoms with Crippen molar-refractivity contribution in [2.75, 3.05) is 13.7 Å². The highest BCUT2D eigenvalue weighted by Gasteiger charge is 2.23. The monoisotopic (exact) mass is 211 g/mol. The van der Waals surface area contributed by atoms with Crippen LogP contribution in [0, 0.1) is 12.7 Å². The maximum atomic E-state index is 13.7. The van der Waals surface area contributed by atoms with Gasteiger partial charge in [0, 0.05) is 12.1 Å². The van der Waals surface area contributed by atoms with Gasteiger partial charge in [0.25, 0.3) is 0 Å². The van der Waals surface area contributed by atoms with Crippen LogP contribution in [0.1, 0.15) is 17.0 Å². The van der Waals surface area contributed by atoms with Gasteiger partial charge in [0.05, 0.1) is 13.0 Å². The van der Waals surface area contributed by atoms with Crippen LogP contribution < -0.4 is 5.73 Å². The van der Waals surface area contributed by atoms with E-state index in [1.807, 2.05) is 0 Å². The van der Waals surface area contributed by atoms with Crippen LogP contribution in [0.4, 0.5) is 4.39 Å². The largest absolute Gasteiger partial charge is 0.469 e. The van der Waals surface area contributed by atoms with Crippen molar-refractivity contribution in [3.63, 3.8) is 0 Å². The first-order valence-corrected chi connectivity index (χ1v) is 4.64. The first-order valence-electron chi connectivity index (χ1n) is 4.64. The van der Waals surface area contributed by atoms with E-state index < -0.39 is 17.7 Å². The van der Waals surface area contributed by atoms with Gasteiger partial charge in [-0.15, -0.1) is 0 Å². The Bertz CT molecular complexity index is 366. The number of methoxy groups -OCH3 is 1. The van der Waals surface area contributed by atoms with Crippen molar-refractivity contribution in [1.29, 1.82) is 0 Å². The molecule has 0 aromatic heterocycles. The molecule has 1 atom stereocenters. The lowest BCUT2D eigenvalue weighted by Gasteiger charge is -2.14. The highest BCUT2D eigenvalue weighted by atomic mass is 19.1. The van der Waals surface area contributed by atoms with E-state index >= 15 is 0 Å². The second-order valence-corrected chi connectivity index (χ2v) is 3.29. The van der Waals surface area contributed by atoms with Gasteiger partial charge in [0.1, 0.15) is 5.82 Å². The summed E-state index contributed by atoms with van der Waals surface area (Å²) in [5, 5.41) is 0. The molecule has 82 valence electrons. The van der Waals surface area contributed by atoms with Crippen molar-refractivity contribution >= 4 is 5.97 Å². The molecule has 1 aromatic carbocycles. The van der Waals surface area contributed by atoms with Crippen LogP contribution in [-0.2, 0) is 9.53 Å². The van der Waals surface area contributed by atoms with Gasteiger partial charge in [0.15, 0.2) is 0 Å². The van der Waals surface area contributed by atoms with Crippen molar-refractivity contribution in [3.05, 3.63) is 35.1 Å². The van der Waals surface area contributed by atoms with Gasteiger partial charge in [-0.2, -0.15) is 0 Å². The Morgan fingerprint density at radius 2 is 2.27 bits per heavy atom. The summed E-state index contributed by atoms with van der Waals surface area (Å²) in [5.74, 6) is -1.63. The van der Waals surface area contributed by atoms with Gasteiger partial charge in [-0.1, -0.05) is 18.2 Å². The Labute approximate surface area is 88.0 Å². The second kappa shape index (κ2) is 4.89. The van der Waals surface area contributed by atoms with Gasteiger partial charge >= 0.3 is 5.97 Å². The molecule has 1 rings (SSSR count). The molecule has 0 saturated heterocycles. The number of benzene rings is 1. The van der Waals surface area contributed by atoms with E-state index in [1.165, 1.54) is 7.11 Å². The fraction of sp³-hybridized carbons (Fsp3) is 0.364. The van der Waals surface area contributed by atoms with E-state index in [9.17, 15) is 9.18 Å². The SMILES string of the molecule is COC(=O)C(CN)c1cccc(C)c1F. The summed E-state index contributed by atoms with van der Waals surface area (Å²) in [4.78, 5) is 11.3. The average Bonchev–Trinajstić information content (AvgIpc) is 2.24. The Kier molecular flexibility index (Phi) is 3.80. The lowest BCUT2D eigenvalue weighted by molar-refractivity contribution is -0.142. The summed E-state index contributed by atoms with van der Waals surface area (Å²) in [6.07, 6.45) is 0. The summed E-state index contributed by atoms with van der Waals surface area (Å²) in [5.41, 5.74) is 6.22. The highest BCUT2D eigenvalue weighted by molar-refractivity contribution is 5.78. The Morgan fingerprint density at radius 1 is 1.60 bits per heavy atom. The predicted octanol–water partition coefficient (Wildman–Crippen LogP) is 1.35. The van der Waals surface area contributed by atoms with Crippen molar-refractivity contribution in [2.45, 2.75) is 12.8 Å². The molecule has 0 fully saturated rings. The standard InChI is InChI=1S/C11H14FNO2/c1-7-4-3-5-8(10(7)12)9(6-13)11(14)15-2/h3-5,9H,6,13H2,1-2H3. The third-order valence-corrected chi connectivity index (χ3v) is 2.32. The number of esters is 1. The number of carbonyl (C=O) groups excluding carboxylic acids is 1. The molecule has 3 nitrogen and oxygen atoms in total. The molecular weight excluding hydrogens is 197 g/mol. The Hall–Kier alpha value is -1.42. The Balaban J connectivity index is 3.12. The van der Waals surface area contributed by atoms with E-state index in [2.05, 4.69) is 4.74 Å². The zero-order valence-electron chi connectivity index (χ0n) is 8.79. The lowest BCUT2D eigenvalue weighted by Crippen LogP contribution is -2.24. The van der Waals surface area contributed by atoms with Crippen LogP contribution in [0.5, 0.6) is 0 Å². The smallest absolute Gasteiger partial charge is 0.314 e. The minimum absolute atomic E-state index is 0.0348. The number of hydrogen-bond acceptors (Lipinski definition) is 3. The molecule has 0 heterocycles. The lowest BCUT2D eigenvalue weighted by atomic mass is 9.97. The number of rotatable bonds is 3. The topological polar surface area (TPSA) is 52.3 Å². The highest BCUT2D eigenvalue weighted by Crippen LogP contribution is 2.21. The van der Waals surface area contributed by atoms with E-state index in [4.69, 9.17) is 5.73 Å². The second-order valence-electron chi connectivity index (χ2n) is 3.29. The summed E-state index contributed by atoms with van der Waals surface area (Å²) in [6, 6.07) is 4.89. The minimum atomic E-state index is -0.727. The average molecular weight is 211 g/mol. The number of hydrogen-bond donors (Lipinski definition) is 1. The zero-order valence-corrected chi connectivity index (χ0v) is 8.79. The van der Waals surface area contributed by atoms with Crippen LogP contribution in [0.15, 0.2) is 18.2 Å². The van der Waals surface area contributed by atoms with Gasteiger partial charge in [0.2, 0.25) is 0 Å². The first kappa shape index (κ1) is 11.7. The van der Waals surface area contributed by atoms with Crippen molar-refractivity contribution < 1.29 is 13.9 Å². The summed E-state index contributed by atoms with van der Waals surface area (Å²) < 4.78 is 18.2. The van der Waals surface area contributed by atoms with Crippen LogP contribution in [0.25, 0.3) is 0 Å². The van der Waals surface area contributed by atoms with Crippen LogP contribution >= 0.6 is 0 Å². The number of carbonyl (C=O) groups is 1. The predicted molar refractivity (Wildman–Crippen MR) is 54.9 cm³/mol. The number of ether oxygens (including phenoxy) is 1. The molecule has 0 radical (unpaired) electrons. The summed E-state index contributed by atoms with van der Waals surface area (Å²) >= 11 is 0. The summed E-state index contributed by atoms with van der Waals surface area (Å²) in [6.45, 7) is 1.68. The van der Waals surface area contributed by atoms with Gasteiger partial charge in [-0.05, 0) is 12.5 Å². The van der Waals surface area contributed by atoms with Gasteiger partial charge in [-0.3, -0.25) is 4.79 Å². The molecular formula is C11H14FNO2. The first-order chi connectivity index (χ1) is 7.11. The molecule has 0 aliphatic heterocycles.